The molecule has 0 amide bonds. The Morgan fingerprint density at radius 3 is 2.55 bits per heavy atom. The molecule has 2 N–H and O–H groups in total. The van der Waals surface area contributed by atoms with Crippen LogP contribution in [0.15, 0.2) is 30.3 Å². The van der Waals surface area contributed by atoms with E-state index < -0.39 is 0 Å². The van der Waals surface area contributed by atoms with E-state index in [0.29, 0.717) is 12.6 Å². The van der Waals surface area contributed by atoms with Crippen LogP contribution in [-0.4, -0.2) is 28.0 Å². The smallest absolute Gasteiger partial charge is 0.323 e. The lowest BCUT2D eigenvalue weighted by molar-refractivity contribution is 0.280. The van der Waals surface area contributed by atoms with E-state index in [4.69, 9.17) is 10.5 Å². The van der Waals surface area contributed by atoms with Crippen LogP contribution >= 0.6 is 0 Å². The Morgan fingerprint density at radius 1 is 1.05 bits per heavy atom. The third-order valence-corrected chi connectivity index (χ3v) is 3.22. The summed E-state index contributed by atoms with van der Waals surface area (Å²) in [5.41, 5.74) is 6.79. The summed E-state index contributed by atoms with van der Waals surface area (Å²) in [6.07, 6.45) is 2.32. The van der Waals surface area contributed by atoms with Gasteiger partial charge in [-0.15, -0.1) is 0 Å². The van der Waals surface area contributed by atoms with Gasteiger partial charge in [0.05, 0.1) is 0 Å². The van der Waals surface area contributed by atoms with Crippen molar-refractivity contribution in [3.8, 4) is 6.01 Å². The van der Waals surface area contributed by atoms with Gasteiger partial charge in [0.25, 0.3) is 0 Å². The average Bonchev–Trinajstić information content (AvgIpc) is 3.00. The minimum Gasteiger partial charge on any atom is -0.458 e. The number of anilines is 2. The lowest BCUT2D eigenvalue weighted by Crippen LogP contribution is -2.21. The van der Waals surface area contributed by atoms with Gasteiger partial charge in [-0.3, -0.25) is 0 Å². The van der Waals surface area contributed by atoms with Crippen LogP contribution in [0.2, 0.25) is 0 Å². The van der Waals surface area contributed by atoms with Gasteiger partial charge in [0, 0.05) is 13.1 Å². The first-order chi connectivity index (χ1) is 9.81. The number of rotatable bonds is 4. The lowest BCUT2D eigenvalue weighted by atomic mass is 10.2. The van der Waals surface area contributed by atoms with Crippen LogP contribution in [0.1, 0.15) is 18.4 Å². The highest BCUT2D eigenvalue weighted by Crippen LogP contribution is 2.18. The Bertz CT molecular complexity index is 569. The molecule has 0 atom stereocenters. The first-order valence-electron chi connectivity index (χ1n) is 6.74. The molecule has 6 heteroatoms. The molecule has 1 aliphatic rings. The Kier molecular flexibility index (Phi) is 3.62. The van der Waals surface area contributed by atoms with Crippen molar-refractivity contribution in [3.63, 3.8) is 0 Å². The van der Waals surface area contributed by atoms with E-state index in [0.717, 1.165) is 31.5 Å². The van der Waals surface area contributed by atoms with Gasteiger partial charge in [0.2, 0.25) is 11.9 Å². The molecule has 1 aliphatic heterocycles. The number of ether oxygens (including phenoxy) is 1. The maximum Gasteiger partial charge on any atom is 0.323 e. The zero-order valence-electron chi connectivity index (χ0n) is 11.2. The van der Waals surface area contributed by atoms with Gasteiger partial charge >= 0.3 is 6.01 Å². The summed E-state index contributed by atoms with van der Waals surface area (Å²) in [6.45, 7) is 2.34. The molecule has 6 nitrogen and oxygen atoms in total. The number of nitrogen functional groups attached to an aromatic ring is 1. The van der Waals surface area contributed by atoms with Crippen LogP contribution in [-0.2, 0) is 6.61 Å². The molecule has 0 unspecified atom stereocenters. The first kappa shape index (κ1) is 12.7. The van der Waals surface area contributed by atoms with Crippen molar-refractivity contribution >= 4 is 11.9 Å². The molecule has 0 radical (unpaired) electrons. The van der Waals surface area contributed by atoms with Crippen molar-refractivity contribution in [3.05, 3.63) is 35.9 Å². The molecule has 0 bridgehead atoms. The average molecular weight is 271 g/mol. The van der Waals surface area contributed by atoms with Crippen LogP contribution in [0.5, 0.6) is 6.01 Å². The van der Waals surface area contributed by atoms with E-state index >= 15 is 0 Å². The van der Waals surface area contributed by atoms with Crippen molar-refractivity contribution in [1.29, 1.82) is 0 Å². The molecule has 1 aromatic heterocycles. The van der Waals surface area contributed by atoms with E-state index in [1.807, 2.05) is 30.3 Å². The number of nitrogens with zero attached hydrogens (tertiary/aromatic N) is 4. The van der Waals surface area contributed by atoms with E-state index in [-0.39, 0.29) is 12.0 Å². The van der Waals surface area contributed by atoms with Crippen molar-refractivity contribution in [2.24, 2.45) is 0 Å². The third kappa shape index (κ3) is 2.96. The highest BCUT2D eigenvalue weighted by atomic mass is 16.5. The monoisotopic (exact) mass is 271 g/mol. The molecular formula is C14H17N5O. The van der Waals surface area contributed by atoms with E-state index in [2.05, 4.69) is 19.9 Å². The summed E-state index contributed by atoms with van der Waals surface area (Å²) in [7, 11) is 0. The van der Waals surface area contributed by atoms with Gasteiger partial charge in [-0.05, 0) is 18.4 Å². The summed E-state index contributed by atoms with van der Waals surface area (Å²) in [6, 6.07) is 10.2. The molecule has 2 aromatic rings. The van der Waals surface area contributed by atoms with Crippen LogP contribution in [0.3, 0.4) is 0 Å². The van der Waals surface area contributed by atoms with Gasteiger partial charge in [0.1, 0.15) is 6.61 Å². The maximum atomic E-state index is 5.73. The van der Waals surface area contributed by atoms with Gasteiger partial charge in [0.15, 0.2) is 0 Å². The minimum absolute atomic E-state index is 0.199. The van der Waals surface area contributed by atoms with Crippen molar-refractivity contribution in [1.82, 2.24) is 15.0 Å². The maximum absolute atomic E-state index is 5.73. The minimum atomic E-state index is 0.199. The van der Waals surface area contributed by atoms with E-state index in [9.17, 15) is 0 Å². The standard InChI is InChI=1S/C14H17N5O/c15-12-16-13(19-8-4-5-9-19)18-14(17-12)20-10-11-6-2-1-3-7-11/h1-3,6-7H,4-5,8-10H2,(H2,15,16,17,18). The second-order valence-electron chi connectivity index (χ2n) is 4.74. The normalized spacial score (nSPS) is 14.5. The molecule has 0 saturated carbocycles. The number of nitrogens with two attached hydrogens (primary N) is 1. The zero-order chi connectivity index (χ0) is 13.8. The van der Waals surface area contributed by atoms with Gasteiger partial charge in [-0.1, -0.05) is 30.3 Å². The highest BCUT2D eigenvalue weighted by Gasteiger charge is 2.17. The summed E-state index contributed by atoms with van der Waals surface area (Å²) in [4.78, 5) is 14.6. The van der Waals surface area contributed by atoms with Crippen molar-refractivity contribution in [2.75, 3.05) is 23.7 Å². The summed E-state index contributed by atoms with van der Waals surface area (Å²) >= 11 is 0. The van der Waals surface area contributed by atoms with Crippen LogP contribution in [0.25, 0.3) is 0 Å². The second-order valence-corrected chi connectivity index (χ2v) is 4.74. The molecule has 2 heterocycles. The Balaban J connectivity index is 1.72. The SMILES string of the molecule is Nc1nc(OCc2ccccc2)nc(N2CCCC2)n1. The third-order valence-electron chi connectivity index (χ3n) is 3.22. The highest BCUT2D eigenvalue weighted by molar-refractivity contribution is 5.36. The fourth-order valence-electron chi connectivity index (χ4n) is 2.21. The number of hydrogen-bond donors (Lipinski definition) is 1. The Hall–Kier alpha value is -2.37. The number of benzene rings is 1. The van der Waals surface area contributed by atoms with E-state index in [1.54, 1.807) is 0 Å². The van der Waals surface area contributed by atoms with Crippen molar-refractivity contribution < 1.29 is 4.74 Å². The lowest BCUT2D eigenvalue weighted by Gasteiger charge is -2.15. The predicted octanol–water partition coefficient (Wildman–Crippen LogP) is 1.63. The molecule has 1 saturated heterocycles. The fourth-order valence-corrected chi connectivity index (χ4v) is 2.21. The van der Waals surface area contributed by atoms with Gasteiger partial charge in [-0.25, -0.2) is 0 Å². The summed E-state index contributed by atoms with van der Waals surface area (Å²) < 4.78 is 5.60. The van der Waals surface area contributed by atoms with Crippen LogP contribution in [0.4, 0.5) is 11.9 Å². The molecular weight excluding hydrogens is 254 g/mol. The largest absolute Gasteiger partial charge is 0.458 e. The molecule has 0 spiro atoms. The van der Waals surface area contributed by atoms with Gasteiger partial charge in [-0.2, -0.15) is 15.0 Å². The zero-order valence-corrected chi connectivity index (χ0v) is 11.2. The molecule has 104 valence electrons. The molecule has 3 rings (SSSR count). The number of hydrogen-bond acceptors (Lipinski definition) is 6. The first-order valence-corrected chi connectivity index (χ1v) is 6.74. The Labute approximate surface area is 117 Å². The predicted molar refractivity (Wildman–Crippen MR) is 76.5 cm³/mol. The quantitative estimate of drug-likeness (QED) is 0.910. The number of aromatic nitrogens is 3. The van der Waals surface area contributed by atoms with Crippen molar-refractivity contribution in [2.45, 2.75) is 19.4 Å². The molecule has 1 aromatic carbocycles. The topological polar surface area (TPSA) is 77.2 Å². The van der Waals surface area contributed by atoms with Crippen LogP contribution < -0.4 is 15.4 Å². The molecule has 0 aliphatic carbocycles. The summed E-state index contributed by atoms with van der Waals surface area (Å²) in [5.74, 6) is 0.808. The molecule has 20 heavy (non-hydrogen) atoms. The second kappa shape index (κ2) is 5.73. The Morgan fingerprint density at radius 2 is 1.80 bits per heavy atom. The van der Waals surface area contributed by atoms with E-state index in [1.165, 1.54) is 0 Å². The van der Waals surface area contributed by atoms with Crippen LogP contribution in [0, 0.1) is 0 Å². The van der Waals surface area contributed by atoms with Gasteiger partial charge < -0.3 is 15.4 Å². The fraction of sp³-hybridized carbons (Fsp3) is 0.357. The molecule has 1 fully saturated rings. The summed E-state index contributed by atoms with van der Waals surface area (Å²) in [5, 5.41) is 0.